The van der Waals surface area contributed by atoms with E-state index in [1.807, 2.05) is 36.4 Å². The summed E-state index contributed by atoms with van der Waals surface area (Å²) in [4.78, 5) is 21.3. The molecular formula is C19H14N4O3S. The fourth-order valence-electron chi connectivity index (χ4n) is 2.73. The van der Waals surface area contributed by atoms with Gasteiger partial charge in [0.2, 0.25) is 0 Å². The van der Waals surface area contributed by atoms with Crippen LogP contribution in [0.4, 0.5) is 17.2 Å². The highest BCUT2D eigenvalue weighted by Gasteiger charge is 2.15. The standard InChI is InChI=1S/C19H14N4O3S/c1-11-20-18(22-15-9-13(23(25)26)7-8-16(15)24)14-10-17(27-19(14)21-11)12-5-3-2-4-6-12/h2-10,24H,1H3,(H,20,21,22). The fourth-order valence-corrected chi connectivity index (χ4v) is 3.82. The lowest BCUT2D eigenvalue weighted by molar-refractivity contribution is -0.384. The number of non-ortho nitro benzene ring substituents is 1. The Kier molecular flexibility index (Phi) is 4.17. The fraction of sp³-hybridized carbons (Fsp3) is 0.0526. The summed E-state index contributed by atoms with van der Waals surface area (Å²) in [6, 6.07) is 15.7. The van der Waals surface area contributed by atoms with Crippen molar-refractivity contribution in [3.8, 4) is 16.2 Å². The molecule has 8 heteroatoms. The molecule has 0 saturated heterocycles. The number of aromatic hydroxyl groups is 1. The second-order valence-corrected chi connectivity index (χ2v) is 6.93. The molecule has 134 valence electrons. The van der Waals surface area contributed by atoms with Crippen LogP contribution in [0.3, 0.4) is 0 Å². The molecule has 0 saturated carbocycles. The van der Waals surface area contributed by atoms with Gasteiger partial charge in [0.05, 0.1) is 16.0 Å². The van der Waals surface area contributed by atoms with Gasteiger partial charge in [-0.1, -0.05) is 30.3 Å². The van der Waals surface area contributed by atoms with Gasteiger partial charge >= 0.3 is 0 Å². The van der Waals surface area contributed by atoms with Crippen LogP contribution in [0, 0.1) is 17.0 Å². The average Bonchev–Trinajstić information content (AvgIpc) is 3.08. The van der Waals surface area contributed by atoms with Crippen molar-refractivity contribution in [2.45, 2.75) is 6.92 Å². The number of hydrogen-bond donors (Lipinski definition) is 2. The van der Waals surface area contributed by atoms with Gasteiger partial charge in [0.15, 0.2) is 0 Å². The minimum atomic E-state index is -0.510. The van der Waals surface area contributed by atoms with Gasteiger partial charge in [-0.2, -0.15) is 0 Å². The second kappa shape index (κ2) is 6.65. The molecule has 4 rings (SSSR count). The van der Waals surface area contributed by atoms with E-state index in [1.165, 1.54) is 29.5 Å². The molecule has 0 fully saturated rings. The van der Waals surface area contributed by atoms with E-state index in [1.54, 1.807) is 6.92 Å². The summed E-state index contributed by atoms with van der Waals surface area (Å²) in [5.74, 6) is 0.964. The molecule has 2 heterocycles. The van der Waals surface area contributed by atoms with Crippen molar-refractivity contribution in [3.05, 3.63) is 70.5 Å². The van der Waals surface area contributed by atoms with Crippen molar-refractivity contribution in [2.24, 2.45) is 0 Å². The van der Waals surface area contributed by atoms with Crippen LogP contribution in [0.2, 0.25) is 0 Å². The highest BCUT2D eigenvalue weighted by molar-refractivity contribution is 7.21. The van der Waals surface area contributed by atoms with Gasteiger partial charge in [0, 0.05) is 17.0 Å². The molecule has 0 unspecified atom stereocenters. The molecular weight excluding hydrogens is 364 g/mol. The van der Waals surface area contributed by atoms with Crippen LogP contribution in [0.1, 0.15) is 5.82 Å². The number of aryl methyl sites for hydroxylation is 1. The summed E-state index contributed by atoms with van der Waals surface area (Å²) >= 11 is 1.54. The minimum absolute atomic E-state index is 0.0940. The molecule has 0 aliphatic carbocycles. The monoisotopic (exact) mass is 378 g/mol. The average molecular weight is 378 g/mol. The maximum Gasteiger partial charge on any atom is 0.271 e. The highest BCUT2D eigenvalue weighted by atomic mass is 32.1. The predicted molar refractivity (Wildman–Crippen MR) is 106 cm³/mol. The van der Waals surface area contributed by atoms with E-state index in [0.29, 0.717) is 11.6 Å². The molecule has 2 aromatic carbocycles. The summed E-state index contributed by atoms with van der Waals surface area (Å²) in [6.07, 6.45) is 0. The topological polar surface area (TPSA) is 101 Å². The number of phenols is 1. The van der Waals surface area contributed by atoms with Gasteiger partial charge < -0.3 is 10.4 Å². The Morgan fingerprint density at radius 2 is 1.89 bits per heavy atom. The van der Waals surface area contributed by atoms with E-state index in [0.717, 1.165) is 20.7 Å². The Morgan fingerprint density at radius 3 is 2.63 bits per heavy atom. The number of nitrogens with one attached hydrogen (secondary N) is 1. The summed E-state index contributed by atoms with van der Waals surface area (Å²) < 4.78 is 0. The Hall–Kier alpha value is -3.52. The predicted octanol–water partition coefficient (Wildman–Crippen LogP) is 5.02. The third kappa shape index (κ3) is 3.30. The number of nitro benzene ring substituents is 1. The quantitative estimate of drug-likeness (QED) is 0.294. The largest absolute Gasteiger partial charge is 0.506 e. The zero-order valence-corrected chi connectivity index (χ0v) is 15.0. The van der Waals surface area contributed by atoms with E-state index in [-0.39, 0.29) is 17.1 Å². The molecule has 7 nitrogen and oxygen atoms in total. The van der Waals surface area contributed by atoms with Gasteiger partial charge in [0.25, 0.3) is 5.69 Å². The first-order chi connectivity index (χ1) is 13.0. The molecule has 4 aromatic rings. The number of thiophene rings is 1. The Labute approximate surface area is 158 Å². The zero-order chi connectivity index (χ0) is 19.0. The third-order valence-corrected chi connectivity index (χ3v) is 5.08. The van der Waals surface area contributed by atoms with Crippen LogP contribution in [0.25, 0.3) is 20.7 Å². The Bertz CT molecular complexity index is 1160. The van der Waals surface area contributed by atoms with Crippen molar-refractivity contribution < 1.29 is 10.0 Å². The molecule has 2 N–H and O–H groups in total. The van der Waals surface area contributed by atoms with Crippen LogP contribution in [0.5, 0.6) is 5.75 Å². The number of hydrogen-bond acceptors (Lipinski definition) is 7. The van der Waals surface area contributed by atoms with Crippen LogP contribution in [-0.2, 0) is 0 Å². The molecule has 0 radical (unpaired) electrons. The van der Waals surface area contributed by atoms with E-state index < -0.39 is 4.92 Å². The van der Waals surface area contributed by atoms with E-state index in [4.69, 9.17) is 0 Å². The molecule has 0 atom stereocenters. The molecule has 0 aliphatic heterocycles. The lowest BCUT2D eigenvalue weighted by Gasteiger charge is -2.09. The molecule has 0 spiro atoms. The number of rotatable bonds is 4. The number of fused-ring (bicyclic) bond motifs is 1. The Morgan fingerprint density at radius 1 is 1.11 bits per heavy atom. The van der Waals surface area contributed by atoms with Crippen molar-refractivity contribution in [1.29, 1.82) is 0 Å². The van der Waals surface area contributed by atoms with Crippen LogP contribution >= 0.6 is 11.3 Å². The highest BCUT2D eigenvalue weighted by Crippen LogP contribution is 2.38. The smallest absolute Gasteiger partial charge is 0.271 e. The molecule has 0 aliphatic rings. The zero-order valence-electron chi connectivity index (χ0n) is 14.2. The minimum Gasteiger partial charge on any atom is -0.506 e. The third-order valence-electron chi connectivity index (χ3n) is 4.01. The first-order valence-corrected chi connectivity index (χ1v) is 8.91. The Balaban J connectivity index is 1.81. The second-order valence-electron chi connectivity index (χ2n) is 5.90. The van der Waals surface area contributed by atoms with Crippen LogP contribution in [0.15, 0.2) is 54.6 Å². The lowest BCUT2D eigenvalue weighted by atomic mass is 10.2. The molecule has 0 amide bonds. The first kappa shape index (κ1) is 16.9. The van der Waals surface area contributed by atoms with Crippen molar-refractivity contribution in [1.82, 2.24) is 9.97 Å². The maximum atomic E-state index is 11.0. The normalized spacial score (nSPS) is 10.9. The number of nitrogens with zero attached hydrogens (tertiary/aromatic N) is 3. The summed E-state index contributed by atoms with van der Waals surface area (Å²) in [5, 5.41) is 24.9. The maximum absolute atomic E-state index is 11.0. The van der Waals surface area contributed by atoms with Gasteiger partial charge in [-0.05, 0) is 24.6 Å². The lowest BCUT2D eigenvalue weighted by Crippen LogP contribution is -1.98. The molecule has 27 heavy (non-hydrogen) atoms. The van der Waals surface area contributed by atoms with Gasteiger partial charge in [0.1, 0.15) is 22.2 Å². The number of nitro groups is 1. The van der Waals surface area contributed by atoms with Crippen molar-refractivity contribution >= 4 is 38.7 Å². The summed E-state index contributed by atoms with van der Waals surface area (Å²) in [6.45, 7) is 1.78. The molecule has 0 bridgehead atoms. The number of phenolic OH excluding ortho intramolecular Hbond substituents is 1. The van der Waals surface area contributed by atoms with Gasteiger partial charge in [-0.25, -0.2) is 9.97 Å². The van der Waals surface area contributed by atoms with Crippen LogP contribution in [-0.4, -0.2) is 20.0 Å². The SMILES string of the molecule is Cc1nc(Nc2cc([N+](=O)[O-])ccc2O)c2cc(-c3ccccc3)sc2n1. The van der Waals surface area contributed by atoms with E-state index in [2.05, 4.69) is 15.3 Å². The first-order valence-electron chi connectivity index (χ1n) is 8.09. The van der Waals surface area contributed by atoms with Gasteiger partial charge in [-0.3, -0.25) is 10.1 Å². The number of aromatic nitrogens is 2. The summed E-state index contributed by atoms with van der Waals surface area (Å²) in [7, 11) is 0. The van der Waals surface area contributed by atoms with Crippen molar-refractivity contribution in [3.63, 3.8) is 0 Å². The number of benzene rings is 2. The van der Waals surface area contributed by atoms with Gasteiger partial charge in [-0.15, -0.1) is 11.3 Å². The summed E-state index contributed by atoms with van der Waals surface area (Å²) in [5.41, 5.74) is 1.17. The number of anilines is 2. The van der Waals surface area contributed by atoms with Crippen LogP contribution < -0.4 is 5.32 Å². The van der Waals surface area contributed by atoms with E-state index >= 15 is 0 Å². The van der Waals surface area contributed by atoms with E-state index in [9.17, 15) is 15.2 Å². The molecule has 2 aromatic heterocycles. The van der Waals surface area contributed by atoms with Crippen molar-refractivity contribution in [2.75, 3.05) is 5.32 Å².